The zero-order chi connectivity index (χ0) is 15.6. The van der Waals surface area contributed by atoms with Gasteiger partial charge in [-0.2, -0.15) is 5.10 Å². The summed E-state index contributed by atoms with van der Waals surface area (Å²) >= 11 is 0. The highest BCUT2D eigenvalue weighted by molar-refractivity contribution is 6.04. The molecule has 0 bridgehead atoms. The lowest BCUT2D eigenvalue weighted by Crippen LogP contribution is -2.19. The van der Waals surface area contributed by atoms with E-state index in [1.165, 1.54) is 4.68 Å². The molecule has 2 rings (SSSR count). The molecule has 2 aromatic rings. The van der Waals surface area contributed by atoms with E-state index < -0.39 is 0 Å². The quantitative estimate of drug-likeness (QED) is 0.899. The molecule has 112 valence electrons. The van der Waals surface area contributed by atoms with Crippen LogP contribution in [-0.4, -0.2) is 28.8 Å². The molecular weight excluding hydrogens is 268 g/mol. The van der Waals surface area contributed by atoms with Crippen LogP contribution in [0.3, 0.4) is 0 Å². The van der Waals surface area contributed by atoms with Gasteiger partial charge >= 0.3 is 0 Å². The first-order valence-corrected chi connectivity index (χ1v) is 6.75. The summed E-state index contributed by atoms with van der Waals surface area (Å²) in [4.78, 5) is 12.0. The summed E-state index contributed by atoms with van der Waals surface area (Å²) in [5, 5.41) is 6.92. The number of carbonyl (C=O) groups is 1. The van der Waals surface area contributed by atoms with Crippen molar-refractivity contribution in [2.45, 2.75) is 20.0 Å². The molecule has 0 radical (unpaired) electrons. The number of hydrogen-bond acceptors (Lipinski definition) is 4. The zero-order valence-corrected chi connectivity index (χ0v) is 12.7. The molecule has 0 saturated carbocycles. The smallest absolute Gasteiger partial charge is 0.257 e. The van der Waals surface area contributed by atoms with Crippen LogP contribution in [0.25, 0.3) is 11.3 Å². The third-order valence-electron chi connectivity index (χ3n) is 3.05. The largest absolute Gasteiger partial charge is 0.491 e. The summed E-state index contributed by atoms with van der Waals surface area (Å²) in [5.41, 5.74) is 7.69. The predicted octanol–water partition coefficient (Wildman–Crippen LogP) is 1.82. The molecule has 3 N–H and O–H groups in total. The second-order valence-corrected chi connectivity index (χ2v) is 5.00. The molecule has 0 aliphatic rings. The minimum Gasteiger partial charge on any atom is -0.491 e. The molecule has 1 amide bonds. The minimum atomic E-state index is -0.252. The molecule has 0 unspecified atom stereocenters. The Labute approximate surface area is 123 Å². The van der Waals surface area contributed by atoms with Gasteiger partial charge in [-0.05, 0) is 38.1 Å². The molecule has 1 aromatic heterocycles. The molecule has 0 aliphatic carbocycles. The number of aryl methyl sites for hydroxylation is 1. The molecule has 1 aromatic carbocycles. The van der Waals surface area contributed by atoms with Gasteiger partial charge in [0.25, 0.3) is 5.91 Å². The van der Waals surface area contributed by atoms with Crippen LogP contribution in [0.5, 0.6) is 5.75 Å². The first-order valence-electron chi connectivity index (χ1n) is 6.75. The molecule has 21 heavy (non-hydrogen) atoms. The van der Waals surface area contributed by atoms with Gasteiger partial charge < -0.3 is 15.8 Å². The van der Waals surface area contributed by atoms with Gasteiger partial charge in [-0.25, -0.2) is 0 Å². The number of anilines is 1. The standard InChI is InChI=1S/C15H20N4O2/c1-9(2)21-11-7-5-10(6-8-11)13-12(15(20)17-3)14(16)19(4)18-13/h5-9H,16H2,1-4H3,(H,17,20). The Morgan fingerprint density at radius 1 is 1.33 bits per heavy atom. The van der Waals surface area contributed by atoms with Crippen LogP contribution in [0.15, 0.2) is 24.3 Å². The number of carbonyl (C=O) groups excluding carboxylic acids is 1. The summed E-state index contributed by atoms with van der Waals surface area (Å²) in [6.07, 6.45) is 0.114. The average molecular weight is 288 g/mol. The van der Waals surface area contributed by atoms with Crippen molar-refractivity contribution in [1.82, 2.24) is 15.1 Å². The van der Waals surface area contributed by atoms with E-state index in [-0.39, 0.29) is 12.0 Å². The SMILES string of the molecule is CNC(=O)c1c(-c2ccc(OC(C)C)cc2)nn(C)c1N. The summed E-state index contributed by atoms with van der Waals surface area (Å²) < 4.78 is 7.10. The highest BCUT2D eigenvalue weighted by Crippen LogP contribution is 2.28. The lowest BCUT2D eigenvalue weighted by atomic mass is 10.1. The number of aromatic nitrogens is 2. The Hall–Kier alpha value is -2.50. The number of hydrogen-bond donors (Lipinski definition) is 2. The molecule has 6 heteroatoms. The fourth-order valence-electron chi connectivity index (χ4n) is 2.05. The van der Waals surface area contributed by atoms with Crippen molar-refractivity contribution in [3.05, 3.63) is 29.8 Å². The first kappa shape index (κ1) is 14.9. The van der Waals surface area contributed by atoms with Crippen LogP contribution in [-0.2, 0) is 7.05 Å². The number of amides is 1. The zero-order valence-electron chi connectivity index (χ0n) is 12.7. The summed E-state index contributed by atoms with van der Waals surface area (Å²) in [6.45, 7) is 3.94. The van der Waals surface area contributed by atoms with E-state index in [0.717, 1.165) is 11.3 Å². The van der Waals surface area contributed by atoms with Gasteiger partial charge in [0, 0.05) is 19.7 Å². The van der Waals surface area contributed by atoms with Gasteiger partial charge in [0.05, 0.1) is 6.10 Å². The van der Waals surface area contributed by atoms with E-state index in [9.17, 15) is 4.79 Å². The Morgan fingerprint density at radius 2 is 1.95 bits per heavy atom. The second-order valence-electron chi connectivity index (χ2n) is 5.00. The predicted molar refractivity (Wildman–Crippen MR) is 82.2 cm³/mol. The number of nitrogen functional groups attached to an aromatic ring is 1. The Balaban J connectivity index is 2.42. The van der Waals surface area contributed by atoms with Crippen LogP contribution in [0, 0.1) is 0 Å². The first-order chi connectivity index (χ1) is 9.93. The number of nitrogens with zero attached hydrogens (tertiary/aromatic N) is 2. The number of nitrogens with one attached hydrogen (secondary N) is 1. The highest BCUT2D eigenvalue weighted by atomic mass is 16.5. The topological polar surface area (TPSA) is 82.2 Å². The minimum absolute atomic E-state index is 0.114. The van der Waals surface area contributed by atoms with Crippen molar-refractivity contribution in [2.75, 3.05) is 12.8 Å². The Morgan fingerprint density at radius 3 is 2.48 bits per heavy atom. The van der Waals surface area contributed by atoms with Gasteiger partial charge in [0.2, 0.25) is 0 Å². The van der Waals surface area contributed by atoms with Crippen LogP contribution < -0.4 is 15.8 Å². The van der Waals surface area contributed by atoms with Crippen molar-refractivity contribution in [3.8, 4) is 17.0 Å². The van der Waals surface area contributed by atoms with E-state index >= 15 is 0 Å². The van der Waals surface area contributed by atoms with Crippen LogP contribution in [0.2, 0.25) is 0 Å². The van der Waals surface area contributed by atoms with Gasteiger partial charge in [-0.3, -0.25) is 9.48 Å². The molecule has 0 saturated heterocycles. The lowest BCUT2D eigenvalue weighted by Gasteiger charge is -2.10. The van der Waals surface area contributed by atoms with Crippen molar-refractivity contribution in [2.24, 2.45) is 7.05 Å². The van der Waals surface area contributed by atoms with E-state index in [0.29, 0.717) is 17.1 Å². The van der Waals surface area contributed by atoms with E-state index in [1.807, 2.05) is 38.1 Å². The number of ether oxygens (including phenoxy) is 1. The van der Waals surface area contributed by atoms with E-state index in [1.54, 1.807) is 14.1 Å². The van der Waals surface area contributed by atoms with Gasteiger partial charge in [0.1, 0.15) is 22.8 Å². The van der Waals surface area contributed by atoms with Crippen LogP contribution in [0.4, 0.5) is 5.82 Å². The molecule has 6 nitrogen and oxygen atoms in total. The average Bonchev–Trinajstić information content (AvgIpc) is 2.74. The number of nitrogens with two attached hydrogens (primary N) is 1. The van der Waals surface area contributed by atoms with E-state index in [2.05, 4.69) is 10.4 Å². The van der Waals surface area contributed by atoms with Crippen molar-refractivity contribution in [1.29, 1.82) is 0 Å². The fourth-order valence-corrected chi connectivity index (χ4v) is 2.05. The van der Waals surface area contributed by atoms with Crippen molar-refractivity contribution in [3.63, 3.8) is 0 Å². The third-order valence-corrected chi connectivity index (χ3v) is 3.05. The second kappa shape index (κ2) is 5.87. The van der Waals surface area contributed by atoms with E-state index in [4.69, 9.17) is 10.5 Å². The maximum absolute atomic E-state index is 12.0. The maximum Gasteiger partial charge on any atom is 0.257 e. The summed E-state index contributed by atoms with van der Waals surface area (Å²) in [5.74, 6) is 0.865. The molecule has 0 fully saturated rings. The number of rotatable bonds is 4. The van der Waals surface area contributed by atoms with Crippen molar-refractivity contribution >= 4 is 11.7 Å². The Kier molecular flexibility index (Phi) is 4.16. The fraction of sp³-hybridized carbons (Fsp3) is 0.333. The molecule has 0 spiro atoms. The molecule has 0 atom stereocenters. The highest BCUT2D eigenvalue weighted by Gasteiger charge is 2.21. The van der Waals surface area contributed by atoms with Gasteiger partial charge in [-0.1, -0.05) is 0 Å². The van der Waals surface area contributed by atoms with Crippen LogP contribution >= 0.6 is 0 Å². The molecular formula is C15H20N4O2. The summed E-state index contributed by atoms with van der Waals surface area (Å²) in [6, 6.07) is 7.44. The van der Waals surface area contributed by atoms with Crippen molar-refractivity contribution < 1.29 is 9.53 Å². The molecule has 1 heterocycles. The monoisotopic (exact) mass is 288 g/mol. The van der Waals surface area contributed by atoms with Gasteiger partial charge in [0.15, 0.2) is 0 Å². The third kappa shape index (κ3) is 2.99. The van der Waals surface area contributed by atoms with Gasteiger partial charge in [-0.15, -0.1) is 0 Å². The molecule has 0 aliphatic heterocycles. The Bertz CT molecular complexity index is 644. The normalized spacial score (nSPS) is 10.7. The maximum atomic E-state index is 12.0. The number of benzene rings is 1. The van der Waals surface area contributed by atoms with Crippen LogP contribution in [0.1, 0.15) is 24.2 Å². The lowest BCUT2D eigenvalue weighted by molar-refractivity contribution is 0.0964. The summed E-state index contributed by atoms with van der Waals surface area (Å²) in [7, 11) is 3.28.